The van der Waals surface area contributed by atoms with Crippen LogP contribution in [-0.2, 0) is 6.54 Å². The molecule has 2 rings (SSSR count). The van der Waals surface area contributed by atoms with Crippen molar-refractivity contribution in [3.8, 4) is 5.75 Å². The third kappa shape index (κ3) is 5.62. The van der Waals surface area contributed by atoms with Crippen molar-refractivity contribution >= 4 is 6.03 Å². The molecule has 0 aliphatic heterocycles. The lowest BCUT2D eigenvalue weighted by molar-refractivity contribution is 0.203. The first-order chi connectivity index (χ1) is 11.0. The molecule has 2 amide bonds. The van der Waals surface area contributed by atoms with Crippen LogP contribution in [-0.4, -0.2) is 31.1 Å². The molecule has 0 bridgehead atoms. The maximum atomic E-state index is 12.8. The molecule has 0 aliphatic carbocycles. The molecule has 0 saturated carbocycles. The highest BCUT2D eigenvalue weighted by Crippen LogP contribution is 2.11. The number of aryl methyl sites for hydroxylation is 1. The number of amides is 2. The first-order valence-electron chi connectivity index (χ1n) is 7.47. The van der Waals surface area contributed by atoms with Crippen molar-refractivity contribution in [1.29, 1.82) is 0 Å². The van der Waals surface area contributed by atoms with Crippen LogP contribution in [0.5, 0.6) is 5.75 Å². The summed E-state index contributed by atoms with van der Waals surface area (Å²) in [6.45, 7) is 3.24. The fourth-order valence-corrected chi connectivity index (χ4v) is 2.10. The summed E-state index contributed by atoms with van der Waals surface area (Å²) in [6, 6.07) is 13.7. The largest absolute Gasteiger partial charge is 0.492 e. The summed E-state index contributed by atoms with van der Waals surface area (Å²) >= 11 is 0. The Morgan fingerprint density at radius 2 is 1.96 bits per heavy atom. The summed E-state index contributed by atoms with van der Waals surface area (Å²) < 4.78 is 18.4. The van der Waals surface area contributed by atoms with Crippen LogP contribution in [0.4, 0.5) is 9.18 Å². The van der Waals surface area contributed by atoms with Crippen molar-refractivity contribution in [1.82, 2.24) is 10.2 Å². The second kappa shape index (κ2) is 8.17. The quantitative estimate of drug-likeness (QED) is 0.830. The number of hydrogen-bond acceptors (Lipinski definition) is 2. The minimum absolute atomic E-state index is 0.192. The zero-order chi connectivity index (χ0) is 16.7. The van der Waals surface area contributed by atoms with Crippen LogP contribution in [0.15, 0.2) is 48.5 Å². The van der Waals surface area contributed by atoms with Crippen molar-refractivity contribution in [3.63, 3.8) is 0 Å². The van der Waals surface area contributed by atoms with E-state index in [4.69, 9.17) is 4.74 Å². The second-order valence-electron chi connectivity index (χ2n) is 5.38. The maximum Gasteiger partial charge on any atom is 0.317 e. The summed E-state index contributed by atoms with van der Waals surface area (Å²) in [6.07, 6.45) is 0. The van der Waals surface area contributed by atoms with E-state index in [1.807, 2.05) is 31.2 Å². The van der Waals surface area contributed by atoms with E-state index in [-0.39, 0.29) is 11.8 Å². The van der Waals surface area contributed by atoms with Gasteiger partial charge < -0.3 is 15.0 Å². The van der Waals surface area contributed by atoms with Crippen molar-refractivity contribution in [2.24, 2.45) is 0 Å². The van der Waals surface area contributed by atoms with Crippen molar-refractivity contribution in [2.75, 3.05) is 20.2 Å². The van der Waals surface area contributed by atoms with E-state index in [1.54, 1.807) is 24.1 Å². The van der Waals surface area contributed by atoms with Crippen LogP contribution < -0.4 is 10.1 Å². The molecule has 122 valence electrons. The molecule has 0 radical (unpaired) electrons. The second-order valence-corrected chi connectivity index (χ2v) is 5.38. The molecular formula is C18H21FN2O2. The van der Waals surface area contributed by atoms with Gasteiger partial charge in [-0.15, -0.1) is 0 Å². The standard InChI is InChI=1S/C18H21FN2O2/c1-14-4-3-5-17(12-14)23-11-10-20-18(22)21(2)13-15-6-8-16(19)9-7-15/h3-9,12H,10-11,13H2,1-2H3,(H,20,22). The molecule has 0 aromatic heterocycles. The van der Waals surface area contributed by atoms with E-state index < -0.39 is 0 Å². The van der Waals surface area contributed by atoms with Gasteiger partial charge in [0.15, 0.2) is 0 Å². The van der Waals surface area contributed by atoms with Gasteiger partial charge in [-0.2, -0.15) is 0 Å². The van der Waals surface area contributed by atoms with Gasteiger partial charge in [0, 0.05) is 13.6 Å². The van der Waals surface area contributed by atoms with Gasteiger partial charge in [-0.3, -0.25) is 0 Å². The highest BCUT2D eigenvalue weighted by molar-refractivity contribution is 5.73. The molecule has 2 aromatic rings. The fourth-order valence-electron chi connectivity index (χ4n) is 2.10. The van der Waals surface area contributed by atoms with Gasteiger partial charge >= 0.3 is 6.03 Å². The number of ether oxygens (including phenoxy) is 1. The van der Waals surface area contributed by atoms with Crippen molar-refractivity contribution in [3.05, 3.63) is 65.5 Å². The smallest absolute Gasteiger partial charge is 0.317 e. The molecule has 0 spiro atoms. The van der Waals surface area contributed by atoms with Crippen molar-refractivity contribution in [2.45, 2.75) is 13.5 Å². The van der Waals surface area contributed by atoms with Crippen LogP contribution in [0.2, 0.25) is 0 Å². The zero-order valence-corrected chi connectivity index (χ0v) is 13.4. The lowest BCUT2D eigenvalue weighted by atomic mass is 10.2. The number of rotatable bonds is 6. The van der Waals surface area contributed by atoms with Gasteiger partial charge in [0.1, 0.15) is 18.2 Å². The van der Waals surface area contributed by atoms with Crippen LogP contribution in [0, 0.1) is 12.7 Å². The average molecular weight is 316 g/mol. The summed E-state index contributed by atoms with van der Waals surface area (Å²) in [5, 5.41) is 2.79. The van der Waals surface area contributed by atoms with Gasteiger partial charge in [-0.25, -0.2) is 9.18 Å². The Balaban J connectivity index is 1.70. The Morgan fingerprint density at radius 1 is 1.22 bits per heavy atom. The fraction of sp³-hybridized carbons (Fsp3) is 0.278. The highest BCUT2D eigenvalue weighted by Gasteiger charge is 2.08. The van der Waals surface area contributed by atoms with Crippen LogP contribution in [0.1, 0.15) is 11.1 Å². The SMILES string of the molecule is Cc1cccc(OCCNC(=O)N(C)Cc2ccc(F)cc2)c1. The van der Waals surface area contributed by atoms with Gasteiger partial charge in [0.25, 0.3) is 0 Å². The topological polar surface area (TPSA) is 41.6 Å². The molecular weight excluding hydrogens is 295 g/mol. The number of hydrogen-bond donors (Lipinski definition) is 1. The third-order valence-corrected chi connectivity index (χ3v) is 3.32. The normalized spacial score (nSPS) is 10.2. The van der Waals surface area contributed by atoms with Crippen LogP contribution in [0.3, 0.4) is 0 Å². The number of urea groups is 1. The average Bonchev–Trinajstić information content (AvgIpc) is 2.53. The van der Waals surface area contributed by atoms with Gasteiger partial charge in [-0.1, -0.05) is 24.3 Å². The molecule has 2 aromatic carbocycles. The maximum absolute atomic E-state index is 12.8. The van der Waals surface area contributed by atoms with Crippen LogP contribution in [0.25, 0.3) is 0 Å². The van der Waals surface area contributed by atoms with E-state index in [2.05, 4.69) is 5.32 Å². The Hall–Kier alpha value is -2.56. The minimum Gasteiger partial charge on any atom is -0.492 e. The zero-order valence-electron chi connectivity index (χ0n) is 13.4. The molecule has 4 nitrogen and oxygen atoms in total. The summed E-state index contributed by atoms with van der Waals surface area (Å²) in [7, 11) is 1.69. The molecule has 5 heteroatoms. The first-order valence-corrected chi connectivity index (χ1v) is 7.47. The molecule has 23 heavy (non-hydrogen) atoms. The Bertz CT molecular complexity index is 644. The lowest BCUT2D eigenvalue weighted by Crippen LogP contribution is -2.38. The lowest BCUT2D eigenvalue weighted by Gasteiger charge is -2.18. The molecule has 0 unspecified atom stereocenters. The predicted octanol–water partition coefficient (Wildman–Crippen LogP) is 3.35. The first kappa shape index (κ1) is 16.8. The monoisotopic (exact) mass is 316 g/mol. The van der Waals surface area contributed by atoms with Gasteiger partial charge in [-0.05, 0) is 42.3 Å². The van der Waals surface area contributed by atoms with Crippen LogP contribution >= 0.6 is 0 Å². The van der Waals surface area contributed by atoms with E-state index in [1.165, 1.54) is 12.1 Å². The predicted molar refractivity (Wildman–Crippen MR) is 87.9 cm³/mol. The molecule has 0 heterocycles. The molecule has 1 N–H and O–H groups in total. The molecule has 0 aliphatic rings. The van der Waals surface area contributed by atoms with Gasteiger partial charge in [0.2, 0.25) is 0 Å². The van der Waals surface area contributed by atoms with Crippen molar-refractivity contribution < 1.29 is 13.9 Å². The number of nitrogens with zero attached hydrogens (tertiary/aromatic N) is 1. The van der Waals surface area contributed by atoms with E-state index >= 15 is 0 Å². The Labute approximate surface area is 135 Å². The Morgan fingerprint density at radius 3 is 2.65 bits per heavy atom. The molecule has 0 saturated heterocycles. The summed E-state index contributed by atoms with van der Waals surface area (Å²) in [5.74, 6) is 0.507. The number of carbonyl (C=O) groups is 1. The van der Waals surface area contributed by atoms with E-state index in [0.29, 0.717) is 19.7 Å². The Kier molecular flexibility index (Phi) is 5.97. The minimum atomic E-state index is -0.283. The number of carbonyl (C=O) groups excluding carboxylic acids is 1. The number of halogens is 1. The van der Waals surface area contributed by atoms with E-state index in [0.717, 1.165) is 16.9 Å². The van der Waals surface area contributed by atoms with E-state index in [9.17, 15) is 9.18 Å². The summed E-state index contributed by atoms with van der Waals surface area (Å²) in [4.78, 5) is 13.5. The number of nitrogens with one attached hydrogen (secondary N) is 1. The number of benzene rings is 2. The molecule has 0 atom stereocenters. The summed E-state index contributed by atoms with van der Waals surface area (Å²) in [5.41, 5.74) is 2.01. The molecule has 0 fully saturated rings. The highest BCUT2D eigenvalue weighted by atomic mass is 19.1. The van der Waals surface area contributed by atoms with Gasteiger partial charge in [0.05, 0.1) is 6.54 Å². The third-order valence-electron chi connectivity index (χ3n) is 3.32.